The van der Waals surface area contributed by atoms with E-state index in [0.717, 1.165) is 16.1 Å². The van der Waals surface area contributed by atoms with Crippen molar-refractivity contribution in [2.75, 3.05) is 39.0 Å². The number of hydrogen-bond acceptors (Lipinski definition) is 6. The number of sulfonamides is 1. The number of carbonyl (C=O) groups excluding carboxylic acids is 1. The molecule has 0 spiro atoms. The molecular formula is C25H29FN4O3S2. The van der Waals surface area contributed by atoms with Gasteiger partial charge in [0.05, 0.1) is 6.26 Å². The van der Waals surface area contributed by atoms with Crippen LogP contribution in [0.15, 0.2) is 48.0 Å². The van der Waals surface area contributed by atoms with E-state index in [0.29, 0.717) is 49.4 Å². The van der Waals surface area contributed by atoms with Crippen LogP contribution >= 0.6 is 11.3 Å². The van der Waals surface area contributed by atoms with Gasteiger partial charge in [-0.3, -0.25) is 9.69 Å². The van der Waals surface area contributed by atoms with Crippen molar-refractivity contribution in [1.82, 2.24) is 19.5 Å². The highest BCUT2D eigenvalue weighted by atomic mass is 32.2. The average Bonchev–Trinajstić information content (AvgIpc) is 3.33. The van der Waals surface area contributed by atoms with Crippen LogP contribution in [-0.4, -0.2) is 73.5 Å². The number of halogens is 1. The van der Waals surface area contributed by atoms with Crippen LogP contribution in [0.5, 0.6) is 0 Å². The summed E-state index contributed by atoms with van der Waals surface area (Å²) in [6, 6.07) is 10.2. The third-order valence-corrected chi connectivity index (χ3v) is 8.15. The summed E-state index contributed by atoms with van der Waals surface area (Å²) >= 11 is 1.46. The van der Waals surface area contributed by atoms with Gasteiger partial charge in [-0.15, -0.1) is 11.3 Å². The second-order valence-corrected chi connectivity index (χ2v) is 11.8. The minimum absolute atomic E-state index is 0.157. The van der Waals surface area contributed by atoms with Crippen molar-refractivity contribution in [2.45, 2.75) is 19.9 Å². The van der Waals surface area contributed by atoms with Crippen LogP contribution in [0.4, 0.5) is 4.39 Å². The predicted molar refractivity (Wildman–Crippen MR) is 137 cm³/mol. The molecule has 7 nitrogen and oxygen atoms in total. The number of thiazole rings is 1. The highest BCUT2D eigenvalue weighted by molar-refractivity contribution is 7.88. The Morgan fingerprint density at radius 1 is 1.14 bits per heavy atom. The van der Waals surface area contributed by atoms with E-state index in [4.69, 9.17) is 0 Å². The SMILES string of the molecule is Cc1ccc(-c2cc(C(=O)N[C@H](C)CN3CCN(S(C)(=O)=O)CC3)cc(-c3nccs3)c2)c(F)c1. The molecular weight excluding hydrogens is 487 g/mol. The van der Waals surface area contributed by atoms with E-state index in [1.807, 2.05) is 31.4 Å². The zero-order valence-electron chi connectivity index (χ0n) is 20.0. The van der Waals surface area contributed by atoms with Gasteiger partial charge in [0.25, 0.3) is 5.91 Å². The fourth-order valence-corrected chi connectivity index (χ4v) is 5.69. The molecule has 0 bridgehead atoms. The molecule has 1 aliphatic rings. The quantitative estimate of drug-likeness (QED) is 0.519. The molecule has 1 amide bonds. The van der Waals surface area contributed by atoms with Crippen LogP contribution in [0.25, 0.3) is 21.7 Å². The number of nitrogens with zero attached hydrogens (tertiary/aromatic N) is 3. The Labute approximate surface area is 209 Å². The van der Waals surface area contributed by atoms with Gasteiger partial charge < -0.3 is 5.32 Å². The number of amides is 1. The van der Waals surface area contributed by atoms with Gasteiger partial charge in [-0.2, -0.15) is 4.31 Å². The van der Waals surface area contributed by atoms with Gasteiger partial charge in [0.2, 0.25) is 10.0 Å². The standard InChI is InChI=1S/C25H29FN4O3S2/c1-17-4-5-22(23(26)12-17)19-13-20(15-21(14-19)25-27-6-11-34-25)24(31)28-18(2)16-29-7-9-30(10-8-29)35(3,32)33/h4-6,11-15,18H,7-10,16H2,1-3H3,(H,28,31)/t18-/m1/s1. The Kier molecular flexibility index (Phi) is 7.65. The van der Waals surface area contributed by atoms with E-state index < -0.39 is 10.0 Å². The molecule has 2 heterocycles. The maximum Gasteiger partial charge on any atom is 0.251 e. The first-order valence-corrected chi connectivity index (χ1v) is 14.1. The minimum atomic E-state index is -3.18. The third-order valence-electron chi connectivity index (χ3n) is 6.02. The lowest BCUT2D eigenvalue weighted by Crippen LogP contribution is -2.51. The Bertz CT molecular complexity index is 1300. The van der Waals surface area contributed by atoms with E-state index in [1.165, 1.54) is 28.0 Å². The topological polar surface area (TPSA) is 82.6 Å². The average molecular weight is 517 g/mol. The number of piperazine rings is 1. The lowest BCUT2D eigenvalue weighted by molar-refractivity contribution is 0.0922. The Balaban J connectivity index is 1.51. The monoisotopic (exact) mass is 516 g/mol. The Morgan fingerprint density at radius 3 is 2.49 bits per heavy atom. The van der Waals surface area contributed by atoms with Crippen LogP contribution in [0, 0.1) is 12.7 Å². The summed E-state index contributed by atoms with van der Waals surface area (Å²) in [6.45, 7) is 6.48. The lowest BCUT2D eigenvalue weighted by atomic mass is 9.98. The summed E-state index contributed by atoms with van der Waals surface area (Å²) in [7, 11) is -3.18. The molecule has 10 heteroatoms. The van der Waals surface area contributed by atoms with E-state index in [9.17, 15) is 17.6 Å². The Hall–Kier alpha value is -2.66. The van der Waals surface area contributed by atoms with Gasteiger partial charge >= 0.3 is 0 Å². The molecule has 35 heavy (non-hydrogen) atoms. The van der Waals surface area contributed by atoms with Gasteiger partial charge in [-0.1, -0.05) is 12.1 Å². The van der Waals surface area contributed by atoms with Gasteiger partial charge in [0.1, 0.15) is 10.8 Å². The molecule has 1 atom stereocenters. The van der Waals surface area contributed by atoms with Crippen LogP contribution in [0.2, 0.25) is 0 Å². The molecule has 1 saturated heterocycles. The van der Waals surface area contributed by atoms with Crippen LogP contribution in [0.3, 0.4) is 0 Å². The molecule has 0 radical (unpaired) electrons. The predicted octanol–water partition coefficient (Wildman–Crippen LogP) is 3.62. The van der Waals surface area contributed by atoms with Gasteiger partial charge in [-0.25, -0.2) is 17.8 Å². The fraction of sp³-hybridized carbons (Fsp3) is 0.360. The zero-order valence-corrected chi connectivity index (χ0v) is 21.6. The third kappa shape index (κ3) is 6.32. The van der Waals surface area contributed by atoms with Crippen LogP contribution in [-0.2, 0) is 10.0 Å². The molecule has 186 valence electrons. The molecule has 1 aliphatic heterocycles. The first-order valence-electron chi connectivity index (χ1n) is 11.4. The van der Waals surface area contributed by atoms with Crippen molar-refractivity contribution in [1.29, 1.82) is 0 Å². The summed E-state index contributed by atoms with van der Waals surface area (Å²) in [6.07, 6.45) is 2.92. The first-order chi connectivity index (χ1) is 16.6. The molecule has 1 N–H and O–H groups in total. The minimum Gasteiger partial charge on any atom is -0.348 e. The number of carbonyl (C=O) groups is 1. The van der Waals surface area contributed by atoms with Crippen molar-refractivity contribution >= 4 is 27.3 Å². The van der Waals surface area contributed by atoms with E-state index in [-0.39, 0.29) is 17.8 Å². The van der Waals surface area contributed by atoms with E-state index >= 15 is 0 Å². The van der Waals surface area contributed by atoms with Crippen molar-refractivity contribution in [2.24, 2.45) is 0 Å². The summed E-state index contributed by atoms with van der Waals surface area (Å²) in [5.41, 5.74) is 3.06. The highest BCUT2D eigenvalue weighted by Gasteiger charge is 2.24. The fourth-order valence-electron chi connectivity index (χ4n) is 4.24. The number of aromatic nitrogens is 1. The van der Waals surface area contributed by atoms with Crippen molar-refractivity contribution < 1.29 is 17.6 Å². The summed E-state index contributed by atoms with van der Waals surface area (Å²) in [5.74, 6) is -0.589. The molecule has 1 aromatic heterocycles. The van der Waals surface area contributed by atoms with Gasteiger partial charge in [-0.05, 0) is 49.2 Å². The number of hydrogen-bond donors (Lipinski definition) is 1. The van der Waals surface area contributed by atoms with Crippen LogP contribution < -0.4 is 5.32 Å². The largest absolute Gasteiger partial charge is 0.348 e. The van der Waals surface area contributed by atoms with Crippen LogP contribution in [0.1, 0.15) is 22.8 Å². The van der Waals surface area contributed by atoms with E-state index in [2.05, 4.69) is 15.2 Å². The summed E-state index contributed by atoms with van der Waals surface area (Å²) < 4.78 is 39.7. The molecule has 0 aliphatic carbocycles. The highest BCUT2D eigenvalue weighted by Crippen LogP contribution is 2.31. The molecule has 0 unspecified atom stereocenters. The smallest absolute Gasteiger partial charge is 0.251 e. The zero-order chi connectivity index (χ0) is 25.2. The van der Waals surface area contributed by atoms with Crippen molar-refractivity contribution in [3.63, 3.8) is 0 Å². The maximum absolute atomic E-state index is 14.8. The number of rotatable bonds is 7. The molecule has 2 aromatic carbocycles. The Morgan fingerprint density at radius 2 is 1.86 bits per heavy atom. The molecule has 0 saturated carbocycles. The van der Waals surface area contributed by atoms with E-state index in [1.54, 1.807) is 24.4 Å². The lowest BCUT2D eigenvalue weighted by Gasteiger charge is -2.34. The van der Waals surface area contributed by atoms with Gasteiger partial charge in [0.15, 0.2) is 0 Å². The van der Waals surface area contributed by atoms with Gasteiger partial charge in [0, 0.05) is 67.0 Å². The number of aryl methyl sites for hydroxylation is 1. The maximum atomic E-state index is 14.8. The second-order valence-electron chi connectivity index (χ2n) is 8.96. The molecule has 3 aromatic rings. The number of benzene rings is 2. The first kappa shape index (κ1) is 25.4. The molecule has 4 rings (SSSR count). The second kappa shape index (κ2) is 10.5. The summed E-state index contributed by atoms with van der Waals surface area (Å²) in [5, 5.41) is 5.65. The summed E-state index contributed by atoms with van der Waals surface area (Å²) in [4.78, 5) is 19.7. The van der Waals surface area contributed by atoms with Crippen molar-refractivity contribution in [3.05, 3.63) is 64.9 Å². The normalized spacial score (nSPS) is 16.2. The number of nitrogens with one attached hydrogen (secondary N) is 1. The molecule has 1 fully saturated rings. The van der Waals surface area contributed by atoms with Crippen molar-refractivity contribution in [3.8, 4) is 21.7 Å².